The first-order chi connectivity index (χ1) is 9.66. The number of rotatable bonds is 2. The number of nitrogen functional groups attached to an aromatic ring is 2. The number of morpholine rings is 1. The highest BCUT2D eigenvalue weighted by Gasteiger charge is 2.17. The van der Waals surface area contributed by atoms with E-state index in [1.54, 1.807) is 12.1 Å². The summed E-state index contributed by atoms with van der Waals surface area (Å²) >= 11 is 1.51. The second-order valence-electron chi connectivity index (χ2n) is 4.72. The smallest absolute Gasteiger partial charge is 0.138 e. The number of hydrogen-bond donors (Lipinski definition) is 3. The van der Waals surface area contributed by atoms with E-state index in [0.717, 1.165) is 23.4 Å². The van der Waals surface area contributed by atoms with E-state index in [2.05, 4.69) is 4.31 Å². The lowest BCUT2D eigenvalue weighted by molar-refractivity contribution is 0.0773. The summed E-state index contributed by atoms with van der Waals surface area (Å²) in [5, 5.41) is 11.9. The Labute approximate surface area is 121 Å². The van der Waals surface area contributed by atoms with Crippen molar-refractivity contribution in [2.24, 2.45) is 0 Å². The molecular formula is C14H17N3O2S. The summed E-state index contributed by atoms with van der Waals surface area (Å²) in [5.74, 6) is 0.234. The highest BCUT2D eigenvalue weighted by molar-refractivity contribution is 7.97. The standard InChI is InChI=1S/C14H17N3O2S/c15-10-3-1-2-9-13(10)11(16)8-12(14(9)18)20-17-4-6-19-7-5-17/h1-3,8,18H,4-7,15-16H2. The maximum Gasteiger partial charge on any atom is 0.138 e. The van der Waals surface area contributed by atoms with Gasteiger partial charge in [-0.15, -0.1) is 0 Å². The highest BCUT2D eigenvalue weighted by Crippen LogP contribution is 2.41. The molecule has 20 heavy (non-hydrogen) atoms. The number of nitrogens with two attached hydrogens (primary N) is 2. The molecule has 0 radical (unpaired) electrons. The summed E-state index contributed by atoms with van der Waals surface area (Å²) in [7, 11) is 0. The van der Waals surface area contributed by atoms with Crippen LogP contribution in [0.5, 0.6) is 5.75 Å². The zero-order chi connectivity index (χ0) is 14.1. The predicted octanol–water partition coefficient (Wildman–Crippen LogP) is 2.05. The fourth-order valence-corrected chi connectivity index (χ4v) is 3.34. The number of fused-ring (bicyclic) bond motifs is 1. The molecule has 1 aliphatic rings. The summed E-state index contributed by atoms with van der Waals surface area (Å²) in [5.41, 5.74) is 13.2. The Morgan fingerprint density at radius 3 is 2.65 bits per heavy atom. The SMILES string of the molecule is Nc1cccc2c(O)c(SN3CCOCC3)cc(N)c12. The van der Waals surface area contributed by atoms with Crippen LogP contribution in [0.1, 0.15) is 0 Å². The first kappa shape index (κ1) is 13.4. The number of phenols is 1. The van der Waals surface area contributed by atoms with Gasteiger partial charge in [0.1, 0.15) is 5.75 Å². The molecule has 0 spiro atoms. The minimum atomic E-state index is 0.234. The Kier molecular flexibility index (Phi) is 3.60. The summed E-state index contributed by atoms with van der Waals surface area (Å²) in [6.45, 7) is 3.09. The van der Waals surface area contributed by atoms with Gasteiger partial charge < -0.3 is 21.3 Å². The summed E-state index contributed by atoms with van der Waals surface area (Å²) < 4.78 is 7.48. The van der Waals surface area contributed by atoms with Gasteiger partial charge in [-0.3, -0.25) is 0 Å². The normalized spacial score (nSPS) is 16.6. The lowest BCUT2D eigenvalue weighted by atomic mass is 10.1. The van der Waals surface area contributed by atoms with Crippen LogP contribution in [0.25, 0.3) is 10.8 Å². The van der Waals surface area contributed by atoms with E-state index in [1.807, 2.05) is 12.1 Å². The highest BCUT2D eigenvalue weighted by atomic mass is 32.2. The number of phenolic OH excluding ortho intramolecular Hbond substituents is 1. The van der Waals surface area contributed by atoms with Gasteiger partial charge in [0.25, 0.3) is 0 Å². The molecule has 3 rings (SSSR count). The first-order valence-corrected chi connectivity index (χ1v) is 7.24. The van der Waals surface area contributed by atoms with Crippen LogP contribution in [-0.4, -0.2) is 35.7 Å². The van der Waals surface area contributed by atoms with Gasteiger partial charge in [-0.05, 0) is 24.1 Å². The molecule has 2 aromatic rings. The van der Waals surface area contributed by atoms with Crippen molar-refractivity contribution in [3.8, 4) is 5.75 Å². The molecule has 1 fully saturated rings. The van der Waals surface area contributed by atoms with Crippen LogP contribution in [0.15, 0.2) is 29.2 Å². The topological polar surface area (TPSA) is 84.7 Å². The number of benzene rings is 2. The molecule has 0 aliphatic carbocycles. The fraction of sp³-hybridized carbons (Fsp3) is 0.286. The van der Waals surface area contributed by atoms with Crippen molar-refractivity contribution in [2.45, 2.75) is 4.90 Å². The van der Waals surface area contributed by atoms with Gasteiger partial charge in [0.05, 0.1) is 18.1 Å². The van der Waals surface area contributed by atoms with Gasteiger partial charge in [0, 0.05) is 35.2 Å². The fourth-order valence-electron chi connectivity index (χ4n) is 2.35. The van der Waals surface area contributed by atoms with Gasteiger partial charge in [-0.2, -0.15) is 0 Å². The largest absolute Gasteiger partial charge is 0.506 e. The molecule has 6 heteroatoms. The minimum Gasteiger partial charge on any atom is -0.506 e. The summed E-state index contributed by atoms with van der Waals surface area (Å²) in [6.07, 6.45) is 0. The maximum atomic E-state index is 10.4. The molecule has 2 aromatic carbocycles. The van der Waals surface area contributed by atoms with Crippen molar-refractivity contribution < 1.29 is 9.84 Å². The van der Waals surface area contributed by atoms with E-state index in [0.29, 0.717) is 30.0 Å². The quantitative estimate of drug-likeness (QED) is 0.446. The number of hydrogen-bond acceptors (Lipinski definition) is 6. The molecule has 0 aromatic heterocycles. The van der Waals surface area contributed by atoms with E-state index in [1.165, 1.54) is 11.9 Å². The lowest BCUT2D eigenvalue weighted by Crippen LogP contribution is -2.30. The monoisotopic (exact) mass is 291 g/mol. The molecular weight excluding hydrogens is 274 g/mol. The van der Waals surface area contributed by atoms with Crippen LogP contribution >= 0.6 is 11.9 Å². The van der Waals surface area contributed by atoms with Crippen molar-refractivity contribution in [2.75, 3.05) is 37.8 Å². The first-order valence-electron chi connectivity index (χ1n) is 6.47. The third-order valence-corrected chi connectivity index (χ3v) is 4.49. The predicted molar refractivity (Wildman–Crippen MR) is 82.7 cm³/mol. The molecule has 0 unspecified atom stereocenters. The van der Waals surface area contributed by atoms with E-state index in [-0.39, 0.29) is 5.75 Å². The van der Waals surface area contributed by atoms with E-state index >= 15 is 0 Å². The third kappa shape index (κ3) is 2.37. The van der Waals surface area contributed by atoms with Gasteiger partial charge >= 0.3 is 0 Å². The molecule has 106 valence electrons. The van der Waals surface area contributed by atoms with Crippen molar-refractivity contribution >= 4 is 34.1 Å². The molecule has 5 N–H and O–H groups in total. The Hall–Kier alpha value is -1.63. The van der Waals surface area contributed by atoms with Gasteiger partial charge in [0.2, 0.25) is 0 Å². The van der Waals surface area contributed by atoms with Crippen LogP contribution in [0.3, 0.4) is 0 Å². The third-order valence-electron chi connectivity index (χ3n) is 3.36. The molecule has 0 amide bonds. The summed E-state index contributed by atoms with van der Waals surface area (Å²) in [6, 6.07) is 7.22. The zero-order valence-corrected chi connectivity index (χ0v) is 11.8. The zero-order valence-electron chi connectivity index (χ0n) is 11.0. The van der Waals surface area contributed by atoms with Gasteiger partial charge in [-0.1, -0.05) is 12.1 Å². The van der Waals surface area contributed by atoms with Crippen LogP contribution < -0.4 is 11.5 Å². The minimum absolute atomic E-state index is 0.234. The second kappa shape index (κ2) is 5.40. The van der Waals surface area contributed by atoms with Crippen LogP contribution in [0, 0.1) is 0 Å². The van der Waals surface area contributed by atoms with Crippen molar-refractivity contribution in [3.05, 3.63) is 24.3 Å². The van der Waals surface area contributed by atoms with Crippen molar-refractivity contribution in [1.82, 2.24) is 4.31 Å². The molecule has 1 aliphatic heterocycles. The van der Waals surface area contributed by atoms with E-state index in [4.69, 9.17) is 16.2 Å². The summed E-state index contributed by atoms with van der Waals surface area (Å²) in [4.78, 5) is 0.752. The van der Waals surface area contributed by atoms with Crippen LogP contribution in [-0.2, 0) is 4.74 Å². The Morgan fingerprint density at radius 2 is 1.90 bits per heavy atom. The van der Waals surface area contributed by atoms with Gasteiger partial charge in [-0.25, -0.2) is 4.31 Å². The second-order valence-corrected chi connectivity index (χ2v) is 5.85. The Morgan fingerprint density at radius 1 is 1.15 bits per heavy atom. The molecule has 0 atom stereocenters. The molecule has 1 saturated heterocycles. The van der Waals surface area contributed by atoms with Crippen LogP contribution in [0.4, 0.5) is 11.4 Å². The number of anilines is 2. The number of ether oxygens (including phenoxy) is 1. The van der Waals surface area contributed by atoms with Crippen molar-refractivity contribution in [3.63, 3.8) is 0 Å². The Balaban J connectivity index is 2.01. The van der Waals surface area contributed by atoms with E-state index in [9.17, 15) is 5.11 Å². The molecule has 1 heterocycles. The lowest BCUT2D eigenvalue weighted by Gasteiger charge is -2.26. The maximum absolute atomic E-state index is 10.4. The van der Waals surface area contributed by atoms with Crippen LogP contribution in [0.2, 0.25) is 0 Å². The van der Waals surface area contributed by atoms with Gasteiger partial charge in [0.15, 0.2) is 0 Å². The van der Waals surface area contributed by atoms with Crippen molar-refractivity contribution in [1.29, 1.82) is 0 Å². The molecule has 5 nitrogen and oxygen atoms in total. The average Bonchev–Trinajstić information content (AvgIpc) is 2.45. The molecule has 0 bridgehead atoms. The number of nitrogens with zero attached hydrogens (tertiary/aromatic N) is 1. The number of aromatic hydroxyl groups is 1. The molecule has 0 saturated carbocycles. The van der Waals surface area contributed by atoms with E-state index < -0.39 is 0 Å². The Bertz CT molecular complexity index is 642. The average molecular weight is 291 g/mol.